The zero-order valence-electron chi connectivity index (χ0n) is 14.1. The molecule has 3 rings (SSSR count). The van der Waals surface area contributed by atoms with Crippen molar-refractivity contribution in [3.63, 3.8) is 0 Å². The van der Waals surface area contributed by atoms with E-state index in [1.807, 2.05) is 40.5 Å². The van der Waals surface area contributed by atoms with Gasteiger partial charge in [-0.2, -0.15) is 23.5 Å². The van der Waals surface area contributed by atoms with Crippen molar-refractivity contribution in [1.29, 1.82) is 0 Å². The Balaban J connectivity index is 1.73. The molecule has 1 saturated heterocycles. The molecule has 1 aliphatic rings. The highest BCUT2D eigenvalue weighted by molar-refractivity contribution is 8.03. The minimum Gasteiger partial charge on any atom is -0.355 e. The second-order valence-corrected chi connectivity index (χ2v) is 9.28. The fraction of sp³-hybridized carbons (Fsp3) is 0.625. The summed E-state index contributed by atoms with van der Waals surface area (Å²) in [6, 6.07) is 4.10. The van der Waals surface area contributed by atoms with E-state index in [1.165, 1.54) is 0 Å². The van der Waals surface area contributed by atoms with Crippen LogP contribution in [0.5, 0.6) is 0 Å². The molecule has 0 unspecified atom stereocenters. The number of hydrogen-bond acceptors (Lipinski definition) is 7. The number of thiophene rings is 1. The molecule has 1 aliphatic heterocycles. The Morgan fingerprint density at radius 2 is 2.08 bits per heavy atom. The summed E-state index contributed by atoms with van der Waals surface area (Å²) >= 11 is 5.55. The molecule has 0 bridgehead atoms. The van der Waals surface area contributed by atoms with E-state index < -0.39 is 0 Å². The molecule has 24 heavy (non-hydrogen) atoms. The summed E-state index contributed by atoms with van der Waals surface area (Å²) in [7, 11) is 1.73. The lowest BCUT2D eigenvalue weighted by atomic mass is 10.2. The van der Waals surface area contributed by atoms with Crippen molar-refractivity contribution in [3.8, 4) is 10.6 Å². The maximum Gasteiger partial charge on any atom is 0.170 e. The number of ether oxygens (including phenoxy) is 2. The van der Waals surface area contributed by atoms with E-state index >= 15 is 0 Å². The molecule has 0 amide bonds. The minimum atomic E-state index is -0.149. The fourth-order valence-electron chi connectivity index (χ4n) is 2.90. The fourth-order valence-corrected chi connectivity index (χ4v) is 6.20. The van der Waals surface area contributed by atoms with Crippen LogP contribution in [0.2, 0.25) is 0 Å². The largest absolute Gasteiger partial charge is 0.355 e. The molecule has 2 aromatic heterocycles. The molecular formula is C16H23N3O2S3. The molecule has 132 valence electrons. The van der Waals surface area contributed by atoms with Crippen molar-refractivity contribution in [2.45, 2.75) is 43.3 Å². The van der Waals surface area contributed by atoms with Crippen LogP contribution in [0.1, 0.15) is 13.8 Å². The molecule has 0 saturated carbocycles. The molecule has 1 fully saturated rings. The molecule has 4 atom stereocenters. The van der Waals surface area contributed by atoms with Gasteiger partial charge in [0, 0.05) is 12.4 Å². The van der Waals surface area contributed by atoms with Crippen LogP contribution < -0.4 is 0 Å². The maximum atomic E-state index is 6.19. The van der Waals surface area contributed by atoms with Crippen LogP contribution in [0.4, 0.5) is 0 Å². The highest BCUT2D eigenvalue weighted by atomic mass is 32.2. The van der Waals surface area contributed by atoms with Crippen LogP contribution >= 0.6 is 34.9 Å². The van der Waals surface area contributed by atoms with Gasteiger partial charge in [-0.25, -0.2) is 4.68 Å². The molecule has 0 N–H and O–H groups in total. The van der Waals surface area contributed by atoms with Gasteiger partial charge in [0.25, 0.3) is 0 Å². The summed E-state index contributed by atoms with van der Waals surface area (Å²) in [6.07, 6.45) is 1.94. The third kappa shape index (κ3) is 3.99. The average molecular weight is 386 g/mol. The number of hydrogen-bond donors (Lipinski definition) is 0. The van der Waals surface area contributed by atoms with Crippen molar-refractivity contribution in [2.75, 3.05) is 18.6 Å². The van der Waals surface area contributed by atoms with Crippen LogP contribution in [0, 0.1) is 0 Å². The Morgan fingerprint density at radius 1 is 1.29 bits per heavy atom. The summed E-state index contributed by atoms with van der Waals surface area (Å²) < 4.78 is 13.7. The van der Waals surface area contributed by atoms with Gasteiger partial charge in [0.05, 0.1) is 29.0 Å². The van der Waals surface area contributed by atoms with E-state index in [2.05, 4.69) is 35.6 Å². The molecule has 2 aromatic rings. The third-order valence-electron chi connectivity index (χ3n) is 3.90. The first-order valence-corrected chi connectivity index (χ1v) is 11.1. The van der Waals surface area contributed by atoms with Gasteiger partial charge in [0.1, 0.15) is 5.69 Å². The number of aromatic nitrogens is 3. The summed E-state index contributed by atoms with van der Waals surface area (Å²) in [5.74, 6) is 2.13. The summed E-state index contributed by atoms with van der Waals surface area (Å²) in [4.78, 5) is 1.14. The predicted octanol–water partition coefficient (Wildman–Crippen LogP) is 3.62. The SMILES string of the molecule is CCS[C@H]1[C@H](OC)O[C@H](Cn2cc(-c3cccs3)nn2)[C@H]1SCC. The quantitative estimate of drug-likeness (QED) is 0.692. The first-order valence-electron chi connectivity index (χ1n) is 8.12. The second kappa shape index (κ2) is 8.71. The molecule has 8 heteroatoms. The Kier molecular flexibility index (Phi) is 6.63. The highest BCUT2D eigenvalue weighted by Crippen LogP contribution is 2.39. The molecule has 0 radical (unpaired) electrons. The summed E-state index contributed by atoms with van der Waals surface area (Å²) in [5, 5.41) is 11.4. The Bertz CT molecular complexity index is 620. The number of methoxy groups -OCH3 is 1. The number of rotatable bonds is 8. The van der Waals surface area contributed by atoms with Crippen molar-refractivity contribution < 1.29 is 9.47 Å². The van der Waals surface area contributed by atoms with Crippen LogP contribution in [-0.2, 0) is 16.0 Å². The lowest BCUT2D eigenvalue weighted by molar-refractivity contribution is -0.115. The summed E-state index contributed by atoms with van der Waals surface area (Å²) in [5.41, 5.74) is 0.922. The first-order chi connectivity index (χ1) is 11.8. The van der Waals surface area contributed by atoms with Crippen molar-refractivity contribution in [1.82, 2.24) is 15.0 Å². The van der Waals surface area contributed by atoms with Gasteiger partial charge >= 0.3 is 0 Å². The topological polar surface area (TPSA) is 49.2 Å². The zero-order chi connectivity index (χ0) is 16.9. The van der Waals surface area contributed by atoms with E-state index in [4.69, 9.17) is 9.47 Å². The lowest BCUT2D eigenvalue weighted by Gasteiger charge is -2.21. The van der Waals surface area contributed by atoms with Crippen LogP contribution in [0.15, 0.2) is 23.7 Å². The lowest BCUT2D eigenvalue weighted by Crippen LogP contribution is -2.31. The minimum absolute atomic E-state index is 0.0850. The molecule has 0 aromatic carbocycles. The number of thioether (sulfide) groups is 2. The van der Waals surface area contributed by atoms with E-state index in [1.54, 1.807) is 18.4 Å². The number of nitrogens with zero attached hydrogens (tertiary/aromatic N) is 3. The first kappa shape index (κ1) is 18.3. The Hall–Kier alpha value is -0.540. The highest BCUT2D eigenvalue weighted by Gasteiger charge is 2.45. The van der Waals surface area contributed by atoms with E-state index in [0.717, 1.165) is 22.1 Å². The van der Waals surface area contributed by atoms with Crippen LogP contribution in [0.3, 0.4) is 0 Å². The van der Waals surface area contributed by atoms with Gasteiger partial charge in [-0.3, -0.25) is 0 Å². The van der Waals surface area contributed by atoms with Crippen molar-refractivity contribution in [2.24, 2.45) is 0 Å². The maximum absolute atomic E-state index is 6.19. The molecule has 5 nitrogen and oxygen atoms in total. The monoisotopic (exact) mass is 385 g/mol. The van der Waals surface area contributed by atoms with Crippen LogP contribution in [0.25, 0.3) is 10.6 Å². The van der Waals surface area contributed by atoms with Gasteiger partial charge in [0.15, 0.2) is 6.29 Å². The molecule has 3 heterocycles. The van der Waals surface area contributed by atoms with Gasteiger partial charge < -0.3 is 9.47 Å². The van der Waals surface area contributed by atoms with E-state index in [9.17, 15) is 0 Å². The van der Waals surface area contributed by atoms with Gasteiger partial charge in [-0.1, -0.05) is 25.1 Å². The predicted molar refractivity (Wildman–Crippen MR) is 103 cm³/mol. The standard InChI is InChI=1S/C16H23N3O2S3/c1-4-22-14-12(21-16(20-3)15(14)23-5-2)10-19-9-11(17-18-19)13-7-6-8-24-13/h6-9,12,14-16H,4-5,10H2,1-3H3/t12-,14-,15-,16-/m1/s1. The smallest absolute Gasteiger partial charge is 0.170 e. The Morgan fingerprint density at radius 3 is 2.75 bits per heavy atom. The van der Waals surface area contributed by atoms with Crippen molar-refractivity contribution >= 4 is 34.9 Å². The molecule has 0 aliphatic carbocycles. The summed E-state index contributed by atoms with van der Waals surface area (Å²) in [6.45, 7) is 5.08. The Labute approximate surface area is 155 Å². The van der Waals surface area contributed by atoms with E-state index in [-0.39, 0.29) is 12.4 Å². The zero-order valence-corrected chi connectivity index (χ0v) is 16.6. The van der Waals surface area contributed by atoms with Gasteiger partial charge in [-0.15, -0.1) is 16.4 Å². The third-order valence-corrected chi connectivity index (χ3v) is 7.51. The molecule has 0 spiro atoms. The molecular weight excluding hydrogens is 362 g/mol. The normalized spacial score (nSPS) is 27.0. The van der Waals surface area contributed by atoms with Crippen molar-refractivity contribution in [3.05, 3.63) is 23.7 Å². The van der Waals surface area contributed by atoms with Crippen LogP contribution in [-0.4, -0.2) is 56.5 Å². The second-order valence-electron chi connectivity index (χ2n) is 5.42. The average Bonchev–Trinajstić information content (AvgIpc) is 3.30. The van der Waals surface area contributed by atoms with E-state index in [0.29, 0.717) is 17.0 Å². The van der Waals surface area contributed by atoms with Gasteiger partial charge in [0.2, 0.25) is 0 Å². The van der Waals surface area contributed by atoms with Gasteiger partial charge in [-0.05, 0) is 23.0 Å².